The molecule has 0 aliphatic heterocycles. The number of anilines is 1. The first-order valence-electron chi connectivity index (χ1n) is 13.7. The van der Waals surface area contributed by atoms with E-state index in [1.807, 2.05) is 44.2 Å². The van der Waals surface area contributed by atoms with Crippen LogP contribution in [-0.2, 0) is 32.6 Å². The molecule has 42 heavy (non-hydrogen) atoms. The summed E-state index contributed by atoms with van der Waals surface area (Å²) in [6.45, 7) is 3.18. The number of nitrogens with zero attached hydrogens (tertiary/aromatic N) is 2. The first-order valence-corrected chi connectivity index (χ1v) is 15.5. The van der Waals surface area contributed by atoms with Crippen LogP contribution in [0.3, 0.4) is 0 Å². The highest BCUT2D eigenvalue weighted by molar-refractivity contribution is 7.92. The summed E-state index contributed by atoms with van der Waals surface area (Å²) in [5.41, 5.74) is 1.83. The van der Waals surface area contributed by atoms with Crippen LogP contribution in [0.4, 0.5) is 5.69 Å². The second-order valence-corrected chi connectivity index (χ2v) is 12.4. The second-order valence-electron chi connectivity index (χ2n) is 10.1. The number of carbonyl (C=O) groups excluding carboxylic acids is 2. The molecule has 4 aromatic rings. The minimum Gasteiger partial charge on any atom is -0.352 e. The number of sulfonamides is 1. The first-order chi connectivity index (χ1) is 20.2. The van der Waals surface area contributed by atoms with Crippen LogP contribution < -0.4 is 9.62 Å². The number of amides is 2. The monoisotopic (exact) mass is 603 g/mol. The van der Waals surface area contributed by atoms with E-state index >= 15 is 0 Å². The molecule has 0 saturated heterocycles. The molecule has 4 aromatic carbocycles. The molecule has 0 aliphatic carbocycles. The van der Waals surface area contributed by atoms with Crippen molar-refractivity contribution in [2.24, 2.45) is 0 Å². The number of carbonyl (C=O) groups is 2. The Bertz CT molecular complexity index is 1580. The fraction of sp³-hybridized carbons (Fsp3) is 0.212. The van der Waals surface area contributed by atoms with Crippen molar-refractivity contribution >= 4 is 39.1 Å². The highest BCUT2D eigenvalue weighted by Crippen LogP contribution is 2.26. The van der Waals surface area contributed by atoms with E-state index in [0.29, 0.717) is 16.3 Å². The summed E-state index contributed by atoms with van der Waals surface area (Å²) in [6, 6.07) is 31.8. The zero-order valence-electron chi connectivity index (χ0n) is 23.6. The molecule has 7 nitrogen and oxygen atoms in total. The molecule has 1 N–H and O–H groups in total. The van der Waals surface area contributed by atoms with Gasteiger partial charge in [-0.1, -0.05) is 96.5 Å². The molecular weight excluding hydrogens is 570 g/mol. The van der Waals surface area contributed by atoms with Crippen molar-refractivity contribution in [3.8, 4) is 0 Å². The van der Waals surface area contributed by atoms with Gasteiger partial charge in [0, 0.05) is 24.0 Å². The topological polar surface area (TPSA) is 86.8 Å². The molecule has 0 saturated carbocycles. The number of rotatable bonds is 12. The third-order valence-electron chi connectivity index (χ3n) is 6.65. The zero-order valence-corrected chi connectivity index (χ0v) is 25.1. The molecule has 0 aliphatic rings. The highest BCUT2D eigenvalue weighted by atomic mass is 35.5. The van der Waals surface area contributed by atoms with Crippen LogP contribution in [0.25, 0.3) is 0 Å². The van der Waals surface area contributed by atoms with Gasteiger partial charge >= 0.3 is 0 Å². The average Bonchev–Trinajstić information content (AvgIpc) is 2.99. The van der Waals surface area contributed by atoms with Gasteiger partial charge in [-0.3, -0.25) is 13.9 Å². The van der Waals surface area contributed by atoms with Crippen LogP contribution in [0, 0.1) is 0 Å². The minimum absolute atomic E-state index is 0.00946. The van der Waals surface area contributed by atoms with Crippen molar-refractivity contribution in [1.29, 1.82) is 0 Å². The second kappa shape index (κ2) is 14.2. The van der Waals surface area contributed by atoms with E-state index in [4.69, 9.17) is 11.6 Å². The molecule has 0 radical (unpaired) electrons. The fourth-order valence-corrected chi connectivity index (χ4v) is 6.22. The van der Waals surface area contributed by atoms with E-state index in [-0.39, 0.29) is 29.8 Å². The van der Waals surface area contributed by atoms with Crippen molar-refractivity contribution in [2.45, 2.75) is 43.8 Å². The Morgan fingerprint density at radius 3 is 1.93 bits per heavy atom. The van der Waals surface area contributed by atoms with Gasteiger partial charge in [0.15, 0.2) is 0 Å². The number of benzene rings is 4. The Labute approximate surface area is 252 Å². The molecule has 1 unspecified atom stereocenters. The number of nitrogens with one attached hydrogen (secondary N) is 1. The predicted molar refractivity (Wildman–Crippen MR) is 167 cm³/mol. The largest absolute Gasteiger partial charge is 0.352 e. The van der Waals surface area contributed by atoms with Crippen molar-refractivity contribution in [1.82, 2.24) is 10.2 Å². The molecule has 0 aromatic heterocycles. The summed E-state index contributed by atoms with van der Waals surface area (Å²) in [4.78, 5) is 29.5. The molecule has 0 spiro atoms. The fourth-order valence-electron chi connectivity index (χ4n) is 4.59. The maximum Gasteiger partial charge on any atom is 0.264 e. The molecule has 2 amide bonds. The Hall–Kier alpha value is -4.14. The number of hydrogen-bond donors (Lipinski definition) is 1. The summed E-state index contributed by atoms with van der Waals surface area (Å²) in [7, 11) is -4.13. The number of hydrogen-bond acceptors (Lipinski definition) is 4. The van der Waals surface area contributed by atoms with E-state index in [2.05, 4.69) is 5.32 Å². The van der Waals surface area contributed by atoms with Crippen LogP contribution in [0.2, 0.25) is 5.02 Å². The van der Waals surface area contributed by atoms with E-state index in [1.54, 1.807) is 72.8 Å². The van der Waals surface area contributed by atoms with Crippen molar-refractivity contribution in [3.05, 3.63) is 131 Å². The predicted octanol–water partition coefficient (Wildman–Crippen LogP) is 5.70. The summed E-state index contributed by atoms with van der Waals surface area (Å²) in [6.07, 6.45) is 0.229. The Kier molecular flexibility index (Phi) is 10.4. The van der Waals surface area contributed by atoms with E-state index in [0.717, 1.165) is 9.87 Å². The third-order valence-corrected chi connectivity index (χ3v) is 8.81. The number of para-hydroxylation sites is 1. The smallest absolute Gasteiger partial charge is 0.264 e. The van der Waals surface area contributed by atoms with Gasteiger partial charge in [0.05, 0.1) is 10.6 Å². The normalized spacial score (nSPS) is 12.0. The maximum atomic E-state index is 14.3. The van der Waals surface area contributed by atoms with Crippen molar-refractivity contribution in [3.63, 3.8) is 0 Å². The molecule has 0 bridgehead atoms. The van der Waals surface area contributed by atoms with E-state index < -0.39 is 28.5 Å². The Morgan fingerprint density at radius 2 is 1.33 bits per heavy atom. The SMILES string of the molecule is CC(C)NC(=O)C(Cc1ccccc1)N(Cc1ccccc1Cl)C(=O)CN(c1ccccc1)S(=O)(=O)c1ccccc1. The van der Waals surface area contributed by atoms with Gasteiger partial charge in [0.2, 0.25) is 11.8 Å². The molecule has 0 heterocycles. The zero-order chi connectivity index (χ0) is 30.1. The molecule has 1 atom stereocenters. The lowest BCUT2D eigenvalue weighted by Gasteiger charge is -2.34. The van der Waals surface area contributed by atoms with Crippen LogP contribution >= 0.6 is 11.6 Å². The van der Waals surface area contributed by atoms with Gasteiger partial charge in [-0.05, 0) is 55.3 Å². The summed E-state index contributed by atoms with van der Waals surface area (Å²) in [5.74, 6) is -0.885. The van der Waals surface area contributed by atoms with Crippen LogP contribution in [0.5, 0.6) is 0 Å². The summed E-state index contributed by atoms with van der Waals surface area (Å²) < 4.78 is 28.9. The molecular formula is C33H34ClN3O4S. The first kappa shape index (κ1) is 30.8. The number of halogens is 1. The van der Waals surface area contributed by atoms with Crippen molar-refractivity contribution in [2.75, 3.05) is 10.8 Å². The van der Waals surface area contributed by atoms with Gasteiger partial charge < -0.3 is 10.2 Å². The van der Waals surface area contributed by atoms with Gasteiger partial charge in [0.1, 0.15) is 12.6 Å². The maximum absolute atomic E-state index is 14.3. The minimum atomic E-state index is -4.13. The average molecular weight is 604 g/mol. The lowest BCUT2D eigenvalue weighted by molar-refractivity contribution is -0.140. The molecule has 4 rings (SSSR count). The lowest BCUT2D eigenvalue weighted by Crippen LogP contribution is -2.54. The van der Waals surface area contributed by atoms with E-state index in [1.165, 1.54) is 17.0 Å². The Balaban J connectivity index is 1.79. The van der Waals surface area contributed by atoms with Gasteiger partial charge in [-0.2, -0.15) is 0 Å². The lowest BCUT2D eigenvalue weighted by atomic mass is 10.0. The Morgan fingerprint density at radius 1 is 0.786 bits per heavy atom. The summed E-state index contributed by atoms with van der Waals surface area (Å²) in [5, 5.41) is 3.38. The summed E-state index contributed by atoms with van der Waals surface area (Å²) >= 11 is 6.51. The standard InChI is InChI=1S/C33H34ClN3O4S/c1-25(2)35-33(39)31(22-26-14-6-3-7-15-26)36(23-27-16-12-13-21-30(27)34)32(38)24-37(28-17-8-4-9-18-28)42(40,41)29-19-10-5-11-20-29/h3-21,25,31H,22-24H2,1-2H3,(H,35,39). The molecule has 9 heteroatoms. The highest BCUT2D eigenvalue weighted by Gasteiger charge is 2.35. The van der Waals surface area contributed by atoms with E-state index in [9.17, 15) is 18.0 Å². The van der Waals surface area contributed by atoms with Gasteiger partial charge in [0.25, 0.3) is 10.0 Å². The van der Waals surface area contributed by atoms with Crippen molar-refractivity contribution < 1.29 is 18.0 Å². The third kappa shape index (κ3) is 7.78. The molecule has 0 fully saturated rings. The van der Waals surface area contributed by atoms with Crippen LogP contribution in [0.1, 0.15) is 25.0 Å². The quantitative estimate of drug-likeness (QED) is 0.225. The molecule has 218 valence electrons. The van der Waals surface area contributed by atoms with Gasteiger partial charge in [-0.25, -0.2) is 8.42 Å². The van der Waals surface area contributed by atoms with Crippen LogP contribution in [-0.4, -0.2) is 43.8 Å². The van der Waals surface area contributed by atoms with Gasteiger partial charge in [-0.15, -0.1) is 0 Å². The van der Waals surface area contributed by atoms with Crippen LogP contribution in [0.15, 0.2) is 120 Å².